The lowest BCUT2D eigenvalue weighted by Gasteiger charge is -2.21. The minimum atomic E-state index is -5.65. The molecule has 0 bridgehead atoms. The van der Waals surface area contributed by atoms with E-state index >= 15 is 39.5 Å². The van der Waals surface area contributed by atoms with Crippen molar-refractivity contribution in [3.8, 4) is 101 Å². The van der Waals surface area contributed by atoms with Gasteiger partial charge in [0.1, 0.15) is 0 Å². The Morgan fingerprint density at radius 1 is 0.291 bits per heavy atom. The Kier molecular flexibility index (Phi) is 16.2. The molecule has 0 saturated heterocycles. The maximum absolute atomic E-state index is 16.2. The molecule has 0 atom stereocenters. The maximum atomic E-state index is 16.2. The second kappa shape index (κ2) is 24.6. The number of hydrogen-bond acceptors (Lipinski definition) is 4. The highest BCUT2D eigenvalue weighted by molar-refractivity contribution is 6.15. The molecular weight excluding hydrogens is 1370 g/mol. The summed E-state index contributed by atoms with van der Waals surface area (Å²) in [6.07, 6.45) is -26.5. The summed E-state index contributed by atoms with van der Waals surface area (Å²) in [5.74, 6) is 0. The number of aryl methyl sites for hydroxylation is 1. The van der Waals surface area contributed by atoms with E-state index in [2.05, 4.69) is 22.1 Å². The SMILES string of the molecule is Cc1cc(-c2ccncc2)c(C#N)cc1-n1c2ccc(-c3ccc(C(F)(F)F)cc3C(F)(F)F)cc2c2cc(-c3c(-c4ccc5c(c4)c4cc(-c6ccc(C(F)(F)F)cc6C(F)(F)F)ccc4n5-c4cc(C#N)c(-c5ccncc5)cc4-c4ccccc4)cc(C(F)(F)F)cc3C(F)(F)F)ccc21. The van der Waals surface area contributed by atoms with Crippen LogP contribution in [0.25, 0.3) is 133 Å². The molecular formula is C79H40F18N6. The van der Waals surface area contributed by atoms with Crippen molar-refractivity contribution in [2.75, 3.05) is 0 Å². The van der Waals surface area contributed by atoms with Crippen LogP contribution in [0, 0.1) is 29.6 Å². The molecule has 24 heteroatoms. The van der Waals surface area contributed by atoms with Gasteiger partial charge >= 0.3 is 37.1 Å². The third-order valence-electron chi connectivity index (χ3n) is 18.1. The molecule has 0 aliphatic rings. The molecule has 0 aliphatic carbocycles. The fourth-order valence-corrected chi connectivity index (χ4v) is 13.5. The highest BCUT2D eigenvalue weighted by Gasteiger charge is 2.43. The first-order chi connectivity index (χ1) is 48.7. The highest BCUT2D eigenvalue weighted by atomic mass is 19.4. The van der Waals surface area contributed by atoms with Gasteiger partial charge in [-0.2, -0.15) is 89.6 Å². The molecule has 14 aromatic rings. The molecule has 0 aliphatic heterocycles. The topological polar surface area (TPSA) is 83.2 Å². The molecule has 512 valence electrons. The summed E-state index contributed by atoms with van der Waals surface area (Å²) in [5.41, 5.74) is -10.6. The number of benzene rings is 10. The number of aromatic nitrogens is 4. The van der Waals surface area contributed by atoms with Crippen molar-refractivity contribution in [3.63, 3.8) is 0 Å². The molecule has 4 aromatic heterocycles. The Morgan fingerprint density at radius 3 is 1.08 bits per heavy atom. The summed E-state index contributed by atoms with van der Waals surface area (Å²) in [5, 5.41) is 21.2. The van der Waals surface area contributed by atoms with Gasteiger partial charge in [-0.05, 0) is 207 Å². The third kappa shape index (κ3) is 12.2. The fraction of sp³-hybridized carbons (Fsp3) is 0.0886. The van der Waals surface area contributed by atoms with Crippen LogP contribution in [0.3, 0.4) is 0 Å². The summed E-state index contributed by atoms with van der Waals surface area (Å²) < 4.78 is 273. The van der Waals surface area contributed by atoms with Crippen LogP contribution in [-0.2, 0) is 37.1 Å². The van der Waals surface area contributed by atoms with Crippen LogP contribution in [0.2, 0.25) is 0 Å². The first-order valence-electron chi connectivity index (χ1n) is 30.8. The number of nitriles is 2. The van der Waals surface area contributed by atoms with E-state index in [1.165, 1.54) is 96.1 Å². The molecule has 103 heavy (non-hydrogen) atoms. The standard InChI is InChI=1S/C79H40F18N6/c1-41-27-56(43-19-23-100-24-20-43)49(39-98)32-71(41)102-67-15-7-45(54-13-11-51(74(80,81)82)35-64(54)77(89,90)91)29-61(67)63-31-48(10-18-68(63)102)73-59(34-53(76(86,87)88)37-66(73)79(95,96)97)47-9-17-70-62(30-47)60-28-46(55-14-12-52(75(83,84)85)36-65(55)78(92,93)94)8-16-69(60)103(70)72-33-50(40-99)57(44-21-25-101-26-22-44)38-58(72)42-5-3-2-4-6-42/h2-38H,1H3. The Morgan fingerprint density at radius 2 is 0.660 bits per heavy atom. The predicted molar refractivity (Wildman–Crippen MR) is 353 cm³/mol. The fourth-order valence-electron chi connectivity index (χ4n) is 13.5. The van der Waals surface area contributed by atoms with Crippen LogP contribution in [0.4, 0.5) is 79.0 Å². The Bertz CT molecular complexity index is 5870. The van der Waals surface area contributed by atoms with Gasteiger partial charge in [-0.1, -0.05) is 66.7 Å². The number of halogens is 18. The van der Waals surface area contributed by atoms with E-state index in [4.69, 9.17) is 0 Å². The number of fused-ring (bicyclic) bond motifs is 6. The van der Waals surface area contributed by atoms with Gasteiger partial charge in [0.2, 0.25) is 0 Å². The molecule has 0 saturated carbocycles. The number of hydrogen-bond donors (Lipinski definition) is 0. The number of rotatable bonds is 9. The molecule has 0 fully saturated rings. The van der Waals surface area contributed by atoms with Crippen LogP contribution in [0.15, 0.2) is 225 Å². The van der Waals surface area contributed by atoms with Crippen LogP contribution in [0.5, 0.6) is 0 Å². The summed E-state index contributed by atoms with van der Waals surface area (Å²) in [4.78, 5) is 8.12. The first-order valence-corrected chi connectivity index (χ1v) is 30.8. The summed E-state index contributed by atoms with van der Waals surface area (Å²) in [7, 11) is 0. The lowest BCUT2D eigenvalue weighted by atomic mass is 9.87. The Balaban J connectivity index is 1.07. The van der Waals surface area contributed by atoms with Crippen LogP contribution in [-0.4, -0.2) is 19.1 Å². The zero-order valence-electron chi connectivity index (χ0n) is 52.3. The molecule has 0 amide bonds. The second-order valence-corrected chi connectivity index (χ2v) is 24.2. The normalized spacial score (nSPS) is 12.6. The molecule has 0 radical (unpaired) electrons. The Hall–Kier alpha value is -12.2. The summed E-state index contributed by atoms with van der Waals surface area (Å²) in [6.45, 7) is 1.65. The van der Waals surface area contributed by atoms with Crippen molar-refractivity contribution >= 4 is 43.6 Å². The van der Waals surface area contributed by atoms with Crippen LogP contribution in [0.1, 0.15) is 50.1 Å². The first kappa shape index (κ1) is 68.0. The molecule has 4 heterocycles. The van der Waals surface area contributed by atoms with Gasteiger partial charge in [0.15, 0.2) is 0 Å². The number of pyridine rings is 2. The van der Waals surface area contributed by atoms with E-state index in [9.17, 15) is 50.0 Å². The van der Waals surface area contributed by atoms with Gasteiger partial charge in [-0.3, -0.25) is 9.97 Å². The van der Waals surface area contributed by atoms with Crippen molar-refractivity contribution < 1.29 is 79.0 Å². The smallest absolute Gasteiger partial charge is 0.309 e. The van der Waals surface area contributed by atoms with E-state index in [1.54, 1.807) is 78.2 Å². The van der Waals surface area contributed by atoms with Crippen molar-refractivity contribution in [2.24, 2.45) is 0 Å². The molecule has 0 unspecified atom stereocenters. The van der Waals surface area contributed by atoms with E-state index in [0.717, 1.165) is 18.2 Å². The van der Waals surface area contributed by atoms with Gasteiger partial charge in [0.25, 0.3) is 0 Å². The van der Waals surface area contributed by atoms with Crippen molar-refractivity contribution in [1.82, 2.24) is 19.1 Å². The molecule has 6 nitrogen and oxygen atoms in total. The summed E-state index contributed by atoms with van der Waals surface area (Å²) in [6, 6.07) is 42.7. The predicted octanol–water partition coefficient (Wildman–Crippen LogP) is 24.5. The van der Waals surface area contributed by atoms with Crippen LogP contribution < -0.4 is 0 Å². The summed E-state index contributed by atoms with van der Waals surface area (Å²) >= 11 is 0. The monoisotopic (exact) mass is 1410 g/mol. The molecule has 14 rings (SSSR count). The van der Waals surface area contributed by atoms with Crippen LogP contribution >= 0.6 is 0 Å². The minimum Gasteiger partial charge on any atom is -0.309 e. The van der Waals surface area contributed by atoms with Gasteiger partial charge in [0, 0.05) is 63.0 Å². The van der Waals surface area contributed by atoms with Gasteiger partial charge in [-0.25, -0.2) is 0 Å². The zero-order chi connectivity index (χ0) is 73.2. The maximum Gasteiger partial charge on any atom is 0.417 e. The van der Waals surface area contributed by atoms with Crippen molar-refractivity contribution in [3.05, 3.63) is 275 Å². The Labute approximate surface area is 570 Å². The highest BCUT2D eigenvalue weighted by Crippen LogP contribution is 2.52. The molecule has 0 spiro atoms. The minimum absolute atomic E-state index is 0.0434. The largest absolute Gasteiger partial charge is 0.417 e. The van der Waals surface area contributed by atoms with Gasteiger partial charge < -0.3 is 9.13 Å². The van der Waals surface area contributed by atoms with E-state index in [0.29, 0.717) is 69.3 Å². The second-order valence-electron chi connectivity index (χ2n) is 24.2. The van der Waals surface area contributed by atoms with E-state index in [-0.39, 0.29) is 101 Å². The lowest BCUT2D eigenvalue weighted by Crippen LogP contribution is -2.13. The molecule has 10 aromatic carbocycles. The zero-order valence-corrected chi connectivity index (χ0v) is 52.3. The van der Waals surface area contributed by atoms with Gasteiger partial charge in [-0.15, -0.1) is 0 Å². The quantitative estimate of drug-likeness (QED) is 0.135. The molecule has 0 N–H and O–H groups in total. The average Bonchev–Trinajstić information content (AvgIpc) is 1.57. The lowest BCUT2D eigenvalue weighted by molar-refractivity contribution is -0.144. The number of alkyl halides is 18. The van der Waals surface area contributed by atoms with Crippen molar-refractivity contribution in [2.45, 2.75) is 44.0 Å². The number of nitrogens with zero attached hydrogens (tertiary/aromatic N) is 6. The van der Waals surface area contributed by atoms with Crippen molar-refractivity contribution in [1.29, 1.82) is 10.5 Å². The average molecular weight is 1420 g/mol. The van der Waals surface area contributed by atoms with Gasteiger partial charge in [0.05, 0.1) is 90.1 Å². The third-order valence-corrected chi connectivity index (χ3v) is 18.1. The van der Waals surface area contributed by atoms with E-state index < -0.39 is 98.3 Å². The van der Waals surface area contributed by atoms with E-state index in [1.807, 2.05) is 0 Å².